The van der Waals surface area contributed by atoms with Gasteiger partial charge in [0.25, 0.3) is 0 Å². The minimum Gasteiger partial charge on any atom is -0.504 e. The van der Waals surface area contributed by atoms with Crippen molar-refractivity contribution in [1.29, 1.82) is 0 Å². The number of aryl methyl sites for hydroxylation is 1. The maximum absolute atomic E-state index is 14.7. The van der Waals surface area contributed by atoms with E-state index in [1.165, 1.54) is 5.56 Å². The molecule has 1 heterocycles. The molecular weight excluding hydrogens is 576 g/mol. The molecule has 0 amide bonds. The monoisotopic (exact) mass is 632 g/mol. The molecule has 0 radical (unpaired) electrons. The zero-order chi connectivity index (χ0) is 33.2. The van der Waals surface area contributed by atoms with Gasteiger partial charge in [-0.05, 0) is 79.1 Å². The normalized spacial score (nSPS) is 37.7. The van der Waals surface area contributed by atoms with Crippen molar-refractivity contribution in [3.8, 4) is 11.5 Å². The Hall–Kier alpha value is -2.31. The van der Waals surface area contributed by atoms with Crippen molar-refractivity contribution in [2.45, 2.75) is 155 Å². The standard InChI is InChI=1S/C40H56O6/c1-22(2)26-19-24-11-13-29-36(5,6)15-9-17-38(29,43)20-27(24)33-32(26)45-35-25-12-14-30-37(7,8)16-10-18-39(30,44)21-28(25)31(41)34(42)40(35,46-33)23(3)4/h12,19,22-23,29-30,35,41,43-44H,9-11,13-18,20-21H2,1-8H3/t29-,30-,35-,38-,39-,40+/m0/s1. The van der Waals surface area contributed by atoms with E-state index in [4.69, 9.17) is 9.47 Å². The van der Waals surface area contributed by atoms with E-state index in [0.29, 0.717) is 36.3 Å². The van der Waals surface area contributed by atoms with Crippen molar-refractivity contribution in [3.63, 3.8) is 0 Å². The van der Waals surface area contributed by atoms with Crippen LogP contribution in [0.15, 0.2) is 29.0 Å². The van der Waals surface area contributed by atoms with Gasteiger partial charge in [-0.1, -0.05) is 80.4 Å². The Morgan fingerprint density at radius 3 is 2.13 bits per heavy atom. The molecule has 46 heavy (non-hydrogen) atoms. The predicted octanol–water partition coefficient (Wildman–Crippen LogP) is 8.06. The molecule has 5 aliphatic carbocycles. The number of fused-ring (bicyclic) bond motifs is 8. The number of benzene rings is 1. The SMILES string of the molecule is CC(C)c1cc2c(c3c1O[C@H]1C4=CC[C@H]5C(C)(C)CCC[C@]5(O)CC4=C(O)C(=O)[C@@]1(C(C)C)O3)C[C@@]1(O)CCCC(C)(C)[C@@H]1CC2. The van der Waals surface area contributed by atoms with E-state index < -0.39 is 28.7 Å². The van der Waals surface area contributed by atoms with Crippen LogP contribution in [0.4, 0.5) is 0 Å². The third kappa shape index (κ3) is 4.44. The van der Waals surface area contributed by atoms with Crippen molar-refractivity contribution in [2.75, 3.05) is 0 Å². The summed E-state index contributed by atoms with van der Waals surface area (Å²) in [6, 6.07) is 2.28. The molecule has 6 nitrogen and oxygen atoms in total. The van der Waals surface area contributed by atoms with Crippen LogP contribution in [0.1, 0.15) is 136 Å². The van der Waals surface area contributed by atoms with E-state index >= 15 is 0 Å². The summed E-state index contributed by atoms with van der Waals surface area (Å²) in [7, 11) is 0. The average molecular weight is 633 g/mol. The third-order valence-electron chi connectivity index (χ3n) is 13.6. The Morgan fingerprint density at radius 2 is 1.50 bits per heavy atom. The van der Waals surface area contributed by atoms with Crippen LogP contribution in [-0.4, -0.2) is 44.0 Å². The van der Waals surface area contributed by atoms with Gasteiger partial charge >= 0.3 is 0 Å². The lowest BCUT2D eigenvalue weighted by molar-refractivity contribution is -0.153. The smallest absolute Gasteiger partial charge is 0.245 e. The number of carbonyl (C=O) groups excluding carboxylic acids is 1. The number of rotatable bonds is 2. The van der Waals surface area contributed by atoms with Gasteiger partial charge in [0.15, 0.2) is 23.4 Å². The molecule has 6 atom stereocenters. The highest BCUT2D eigenvalue weighted by atomic mass is 16.6. The van der Waals surface area contributed by atoms with Gasteiger partial charge in [-0.25, -0.2) is 0 Å². The van der Waals surface area contributed by atoms with E-state index in [1.54, 1.807) is 0 Å². The summed E-state index contributed by atoms with van der Waals surface area (Å²) in [5.41, 5.74) is 1.11. The van der Waals surface area contributed by atoms with Gasteiger partial charge in [0.1, 0.15) is 0 Å². The van der Waals surface area contributed by atoms with Crippen molar-refractivity contribution in [1.82, 2.24) is 0 Å². The first-order chi connectivity index (χ1) is 21.5. The van der Waals surface area contributed by atoms with Crippen LogP contribution in [0, 0.1) is 28.6 Å². The average Bonchev–Trinajstić information content (AvgIpc) is 3.22. The third-order valence-corrected chi connectivity index (χ3v) is 13.6. The summed E-state index contributed by atoms with van der Waals surface area (Å²) < 4.78 is 14.3. The van der Waals surface area contributed by atoms with E-state index in [1.807, 2.05) is 13.8 Å². The van der Waals surface area contributed by atoms with Crippen molar-refractivity contribution >= 4 is 5.78 Å². The Labute approximate surface area is 275 Å². The first-order valence-corrected chi connectivity index (χ1v) is 18.1. The fraction of sp³-hybridized carbons (Fsp3) is 0.725. The molecule has 252 valence electrons. The van der Waals surface area contributed by atoms with Crippen LogP contribution in [-0.2, 0) is 17.6 Å². The Balaban J connectivity index is 1.41. The molecule has 0 bridgehead atoms. The zero-order valence-electron chi connectivity index (χ0n) is 29.4. The molecule has 0 spiro atoms. The maximum atomic E-state index is 14.7. The fourth-order valence-electron chi connectivity index (χ4n) is 11.1. The maximum Gasteiger partial charge on any atom is 0.245 e. The van der Waals surface area contributed by atoms with E-state index in [2.05, 4.69) is 53.7 Å². The molecule has 1 aromatic rings. The molecule has 2 saturated carbocycles. The van der Waals surface area contributed by atoms with Crippen LogP contribution in [0.2, 0.25) is 0 Å². The molecule has 7 rings (SSSR count). The van der Waals surface area contributed by atoms with Gasteiger partial charge in [0.05, 0.1) is 11.2 Å². The second-order valence-corrected chi connectivity index (χ2v) is 17.9. The van der Waals surface area contributed by atoms with Gasteiger partial charge in [-0.3, -0.25) is 4.79 Å². The summed E-state index contributed by atoms with van der Waals surface area (Å²) in [5.74, 6) is 0.489. The summed E-state index contributed by atoms with van der Waals surface area (Å²) >= 11 is 0. The zero-order valence-corrected chi connectivity index (χ0v) is 29.4. The molecule has 0 unspecified atom stereocenters. The molecule has 6 heteroatoms. The second kappa shape index (κ2) is 10.3. The van der Waals surface area contributed by atoms with E-state index in [0.717, 1.165) is 61.6 Å². The van der Waals surface area contributed by atoms with Crippen LogP contribution in [0.25, 0.3) is 0 Å². The second-order valence-electron chi connectivity index (χ2n) is 17.9. The van der Waals surface area contributed by atoms with Crippen LogP contribution in [0.5, 0.6) is 11.5 Å². The largest absolute Gasteiger partial charge is 0.504 e. The van der Waals surface area contributed by atoms with Crippen molar-refractivity contribution < 1.29 is 29.6 Å². The van der Waals surface area contributed by atoms with Crippen LogP contribution in [0.3, 0.4) is 0 Å². The van der Waals surface area contributed by atoms with Gasteiger partial charge in [-0.2, -0.15) is 0 Å². The summed E-state index contributed by atoms with van der Waals surface area (Å²) in [6.45, 7) is 17.3. The Bertz CT molecular complexity index is 1530. The first kappa shape index (κ1) is 32.2. The van der Waals surface area contributed by atoms with E-state index in [9.17, 15) is 20.1 Å². The molecule has 0 aromatic heterocycles. The number of ether oxygens (including phenoxy) is 2. The Kier molecular flexibility index (Phi) is 7.25. The van der Waals surface area contributed by atoms with Crippen molar-refractivity contribution in [2.24, 2.45) is 28.6 Å². The number of aliphatic hydroxyl groups is 3. The van der Waals surface area contributed by atoms with Gasteiger partial charge in [0.2, 0.25) is 11.4 Å². The molecular formula is C40H56O6. The summed E-state index contributed by atoms with van der Waals surface area (Å²) in [5, 5.41) is 36.3. The minimum atomic E-state index is -1.47. The molecule has 1 aromatic carbocycles. The number of hydrogen-bond donors (Lipinski definition) is 3. The van der Waals surface area contributed by atoms with Crippen LogP contribution < -0.4 is 9.47 Å². The lowest BCUT2D eigenvalue weighted by atomic mass is 9.59. The highest BCUT2D eigenvalue weighted by Gasteiger charge is 2.64. The number of aliphatic hydroxyl groups excluding tert-OH is 1. The molecule has 6 aliphatic rings. The molecule has 1 aliphatic heterocycles. The number of hydrogen-bond acceptors (Lipinski definition) is 6. The summed E-state index contributed by atoms with van der Waals surface area (Å²) in [4.78, 5) is 14.7. The number of Topliss-reactive ketones (excluding diaryl/α,β-unsaturated/α-hetero) is 1. The quantitative estimate of drug-likeness (QED) is 0.305. The van der Waals surface area contributed by atoms with Crippen LogP contribution >= 0.6 is 0 Å². The predicted molar refractivity (Wildman–Crippen MR) is 179 cm³/mol. The molecule has 3 N–H and O–H groups in total. The van der Waals surface area contributed by atoms with Gasteiger partial charge < -0.3 is 24.8 Å². The number of allylic oxidation sites excluding steroid dienone is 1. The van der Waals surface area contributed by atoms with Gasteiger partial charge in [0, 0.05) is 41.0 Å². The topological polar surface area (TPSA) is 96.2 Å². The lowest BCUT2D eigenvalue weighted by Gasteiger charge is -2.51. The first-order valence-electron chi connectivity index (χ1n) is 18.1. The molecule has 2 fully saturated rings. The number of ketones is 1. The molecule has 0 saturated heterocycles. The van der Waals surface area contributed by atoms with Gasteiger partial charge in [-0.15, -0.1) is 0 Å². The Morgan fingerprint density at radius 1 is 0.870 bits per heavy atom. The minimum absolute atomic E-state index is 0.00271. The van der Waals surface area contributed by atoms with E-state index in [-0.39, 0.29) is 46.7 Å². The van der Waals surface area contributed by atoms with Crippen molar-refractivity contribution in [3.05, 3.63) is 45.7 Å². The number of carbonyl (C=O) groups is 1. The summed E-state index contributed by atoms with van der Waals surface area (Å²) in [6.07, 6.45) is 9.91. The lowest BCUT2D eigenvalue weighted by Crippen LogP contribution is -2.65. The highest BCUT2D eigenvalue weighted by molar-refractivity contribution is 6.05. The highest BCUT2D eigenvalue weighted by Crippen LogP contribution is 2.60. The fourth-order valence-corrected chi connectivity index (χ4v) is 11.1.